The highest BCUT2D eigenvalue weighted by Gasteiger charge is 2.23. The van der Waals surface area contributed by atoms with Gasteiger partial charge in [-0.1, -0.05) is 30.0 Å². The summed E-state index contributed by atoms with van der Waals surface area (Å²) in [5.41, 5.74) is 0.426. The summed E-state index contributed by atoms with van der Waals surface area (Å²) in [5.74, 6) is 1.76. The van der Waals surface area contributed by atoms with E-state index in [1.165, 1.54) is 16.3 Å². The third kappa shape index (κ3) is 4.07. The van der Waals surface area contributed by atoms with Crippen molar-refractivity contribution < 1.29 is 4.74 Å². The highest BCUT2D eigenvalue weighted by atomic mass is 32.2. The van der Waals surface area contributed by atoms with Gasteiger partial charge in [0.15, 0.2) is 11.0 Å². The van der Waals surface area contributed by atoms with E-state index in [-0.39, 0.29) is 18.2 Å². The molecule has 0 aliphatic carbocycles. The van der Waals surface area contributed by atoms with Gasteiger partial charge in [-0.25, -0.2) is 4.98 Å². The number of hydrogen-bond donors (Lipinski definition) is 0. The topological polar surface area (TPSA) is 98.6 Å². The number of hydrogen-bond acceptors (Lipinski definition) is 8. The first-order valence-corrected chi connectivity index (χ1v) is 12.2. The Morgan fingerprint density at radius 3 is 2.91 bits per heavy atom. The third-order valence-electron chi connectivity index (χ3n) is 5.37. The lowest BCUT2D eigenvalue weighted by Crippen LogP contribution is -2.24. The highest BCUT2D eigenvalue weighted by Crippen LogP contribution is 2.30. The molecule has 1 atom stereocenters. The molecule has 162 valence electrons. The van der Waals surface area contributed by atoms with Crippen molar-refractivity contribution in [3.05, 3.63) is 58.0 Å². The summed E-state index contributed by atoms with van der Waals surface area (Å²) in [7, 11) is 0. The Morgan fingerprint density at radius 2 is 2.12 bits per heavy atom. The van der Waals surface area contributed by atoms with E-state index in [2.05, 4.69) is 25.8 Å². The molecule has 1 saturated heterocycles. The fourth-order valence-electron chi connectivity index (χ4n) is 3.83. The Hall–Kier alpha value is -3.00. The number of nitrogens with zero attached hydrogens (tertiary/aromatic N) is 6. The predicted molar refractivity (Wildman–Crippen MR) is 123 cm³/mol. The molecule has 32 heavy (non-hydrogen) atoms. The molecule has 0 bridgehead atoms. The van der Waals surface area contributed by atoms with Gasteiger partial charge in [-0.05, 0) is 36.4 Å². The molecule has 1 fully saturated rings. The summed E-state index contributed by atoms with van der Waals surface area (Å²) in [4.78, 5) is 18.6. The lowest BCUT2D eigenvalue weighted by atomic mass is 10.2. The number of benzene rings is 1. The highest BCUT2D eigenvalue weighted by molar-refractivity contribution is 7.98. The molecule has 4 aromatic rings. The van der Waals surface area contributed by atoms with Gasteiger partial charge in [-0.15, -0.1) is 21.5 Å². The maximum Gasteiger partial charge on any atom is 0.262 e. The first-order valence-electron chi connectivity index (χ1n) is 10.3. The lowest BCUT2D eigenvalue weighted by molar-refractivity contribution is 0.0953. The lowest BCUT2D eigenvalue weighted by Gasteiger charge is -2.15. The average Bonchev–Trinajstić information content (AvgIpc) is 3.57. The second-order valence-electron chi connectivity index (χ2n) is 7.41. The van der Waals surface area contributed by atoms with E-state index in [0.717, 1.165) is 35.3 Å². The van der Waals surface area contributed by atoms with Crippen LogP contribution in [0.1, 0.15) is 18.7 Å². The quantitative estimate of drug-likeness (QED) is 0.385. The molecule has 0 saturated carbocycles. The Balaban J connectivity index is 1.48. The van der Waals surface area contributed by atoms with Crippen LogP contribution < -0.4 is 5.56 Å². The van der Waals surface area contributed by atoms with Gasteiger partial charge in [0.2, 0.25) is 0 Å². The average molecular weight is 465 g/mol. The molecule has 1 aliphatic rings. The van der Waals surface area contributed by atoms with Crippen molar-refractivity contribution in [2.45, 2.75) is 42.9 Å². The molecular formula is C22H20N6O2S2. The summed E-state index contributed by atoms with van der Waals surface area (Å²) in [5, 5.41) is 21.4. The Kier molecular flexibility index (Phi) is 6.03. The van der Waals surface area contributed by atoms with Crippen molar-refractivity contribution in [3.8, 4) is 16.8 Å². The van der Waals surface area contributed by atoms with Crippen LogP contribution in [-0.2, 0) is 23.6 Å². The number of nitriles is 1. The summed E-state index contributed by atoms with van der Waals surface area (Å²) >= 11 is 3.09. The van der Waals surface area contributed by atoms with Gasteiger partial charge in [0.25, 0.3) is 5.56 Å². The largest absolute Gasteiger partial charge is 0.376 e. The van der Waals surface area contributed by atoms with Gasteiger partial charge >= 0.3 is 0 Å². The Labute approximate surface area is 192 Å². The molecular weight excluding hydrogens is 444 g/mol. The van der Waals surface area contributed by atoms with Gasteiger partial charge < -0.3 is 4.74 Å². The third-order valence-corrected chi connectivity index (χ3v) is 7.20. The molecule has 1 aliphatic heterocycles. The van der Waals surface area contributed by atoms with Crippen LogP contribution in [0.15, 0.2) is 51.7 Å². The van der Waals surface area contributed by atoms with Gasteiger partial charge in [0, 0.05) is 6.61 Å². The maximum absolute atomic E-state index is 12.9. The summed E-state index contributed by atoms with van der Waals surface area (Å²) < 4.78 is 9.39. The zero-order valence-corrected chi connectivity index (χ0v) is 18.8. The molecule has 10 heteroatoms. The van der Waals surface area contributed by atoms with Crippen molar-refractivity contribution in [2.24, 2.45) is 0 Å². The van der Waals surface area contributed by atoms with E-state index < -0.39 is 0 Å². The van der Waals surface area contributed by atoms with E-state index in [1.54, 1.807) is 23.5 Å². The monoisotopic (exact) mass is 464 g/mol. The first kappa shape index (κ1) is 20.9. The normalized spacial score (nSPS) is 15.9. The zero-order chi connectivity index (χ0) is 21.9. The minimum atomic E-state index is -0.201. The number of ether oxygens (including phenoxy) is 1. The molecule has 0 spiro atoms. The van der Waals surface area contributed by atoms with Crippen LogP contribution in [0.4, 0.5) is 0 Å². The molecule has 1 aromatic carbocycles. The first-order chi connectivity index (χ1) is 15.7. The van der Waals surface area contributed by atoms with E-state index in [0.29, 0.717) is 29.0 Å². The molecule has 0 N–H and O–H groups in total. The number of thiophene rings is 1. The van der Waals surface area contributed by atoms with Crippen molar-refractivity contribution in [3.63, 3.8) is 0 Å². The smallest absolute Gasteiger partial charge is 0.262 e. The molecule has 0 radical (unpaired) electrons. The maximum atomic E-state index is 12.9. The van der Waals surface area contributed by atoms with Crippen LogP contribution in [-0.4, -0.2) is 37.0 Å². The molecule has 5 rings (SSSR count). The van der Waals surface area contributed by atoms with Crippen molar-refractivity contribution >= 4 is 34.0 Å². The molecule has 3 aromatic heterocycles. The van der Waals surface area contributed by atoms with Crippen molar-refractivity contribution in [1.82, 2.24) is 24.3 Å². The standard InChI is InChI=1S/C22H20N6O2S2/c23-9-10-27-19(24-17-7-2-1-6-16(17)21(27)29)14-32-22-26-25-20(18-8-4-12-31-18)28(22)13-15-5-3-11-30-15/h1-2,4,6-8,12,15H,3,5,10-11,13-14H2/t15-/m0/s1. The molecule has 0 amide bonds. The van der Waals surface area contributed by atoms with Gasteiger partial charge in [0.1, 0.15) is 12.4 Å². The number of fused-ring (bicyclic) bond motifs is 1. The predicted octanol–water partition coefficient (Wildman–Crippen LogP) is 3.71. The van der Waals surface area contributed by atoms with Gasteiger partial charge in [-0.2, -0.15) is 5.26 Å². The Morgan fingerprint density at radius 1 is 1.22 bits per heavy atom. The second kappa shape index (κ2) is 9.24. The van der Waals surface area contributed by atoms with Crippen LogP contribution in [0, 0.1) is 11.3 Å². The van der Waals surface area contributed by atoms with Gasteiger partial charge in [0.05, 0.1) is 40.3 Å². The number of rotatable bonds is 7. The van der Waals surface area contributed by atoms with Crippen molar-refractivity contribution in [1.29, 1.82) is 5.26 Å². The zero-order valence-electron chi connectivity index (χ0n) is 17.2. The van der Waals surface area contributed by atoms with Crippen LogP contribution in [0.5, 0.6) is 0 Å². The van der Waals surface area contributed by atoms with Crippen LogP contribution in [0.3, 0.4) is 0 Å². The fourth-order valence-corrected chi connectivity index (χ4v) is 5.44. The minimum absolute atomic E-state index is 0.0460. The second-order valence-corrected chi connectivity index (χ2v) is 9.30. The van der Waals surface area contributed by atoms with Gasteiger partial charge in [-0.3, -0.25) is 13.9 Å². The SMILES string of the molecule is N#CCn1c(CSc2nnc(-c3cccs3)n2C[C@@H]2CCCO2)nc2ccccc2c1=O. The van der Waals surface area contributed by atoms with E-state index >= 15 is 0 Å². The van der Waals surface area contributed by atoms with Crippen LogP contribution >= 0.6 is 23.1 Å². The van der Waals surface area contributed by atoms with Crippen LogP contribution in [0.25, 0.3) is 21.6 Å². The summed E-state index contributed by atoms with van der Waals surface area (Å²) in [6.45, 7) is 1.42. The summed E-state index contributed by atoms with van der Waals surface area (Å²) in [6.07, 6.45) is 2.21. The Bertz CT molecular complexity index is 1330. The van der Waals surface area contributed by atoms with E-state index in [9.17, 15) is 10.1 Å². The molecule has 4 heterocycles. The van der Waals surface area contributed by atoms with Crippen LogP contribution in [0.2, 0.25) is 0 Å². The molecule has 0 unspecified atom stereocenters. The number of aromatic nitrogens is 5. The summed E-state index contributed by atoms with van der Waals surface area (Å²) in [6, 6.07) is 13.3. The van der Waals surface area contributed by atoms with E-state index in [4.69, 9.17) is 4.74 Å². The molecule has 8 nitrogen and oxygen atoms in total. The minimum Gasteiger partial charge on any atom is -0.376 e. The van der Waals surface area contributed by atoms with Crippen molar-refractivity contribution in [2.75, 3.05) is 6.61 Å². The van der Waals surface area contributed by atoms with E-state index in [1.807, 2.05) is 29.6 Å². The number of para-hydroxylation sites is 1. The fraction of sp³-hybridized carbons (Fsp3) is 0.318. The number of thioether (sulfide) groups is 1.